The Bertz CT molecular complexity index is 1280. The zero-order chi connectivity index (χ0) is 28.3. The highest BCUT2D eigenvalue weighted by molar-refractivity contribution is 6.30. The third-order valence-electron chi connectivity index (χ3n) is 7.27. The number of benzene rings is 2. The first-order valence-corrected chi connectivity index (χ1v) is 14.5. The van der Waals surface area contributed by atoms with Crippen LogP contribution in [0, 0.1) is 0 Å². The first-order valence-electron chi connectivity index (χ1n) is 14.1. The molecule has 3 aromatic rings. The standard InChI is InChI=1S/C32H37ClN4O3/c1-2-23-11-6-7-14-27(23)37(30(39)17-10-16-29(38)36-28-15-8-9-22-34-28)31(24-18-20-25(33)21-19-24)32(40)35-26-12-4-3-5-13-26/h6-9,11,14-15,18-22,26,31H,2-5,10,12-13,16-17H2,1H3,(H,35,40)(H,34,36,38). The molecule has 0 saturated heterocycles. The van der Waals surface area contributed by atoms with Crippen molar-refractivity contribution < 1.29 is 14.4 Å². The van der Waals surface area contributed by atoms with Gasteiger partial charge in [-0.3, -0.25) is 19.3 Å². The SMILES string of the molecule is CCc1ccccc1N(C(=O)CCCC(=O)Nc1ccccn1)C(C(=O)NC1CCCCC1)c1ccc(Cl)cc1. The van der Waals surface area contributed by atoms with Crippen molar-refractivity contribution in [1.82, 2.24) is 10.3 Å². The molecule has 210 valence electrons. The van der Waals surface area contributed by atoms with Crippen LogP contribution >= 0.6 is 11.6 Å². The number of aromatic nitrogens is 1. The van der Waals surface area contributed by atoms with E-state index in [2.05, 4.69) is 15.6 Å². The van der Waals surface area contributed by atoms with Gasteiger partial charge < -0.3 is 10.6 Å². The van der Waals surface area contributed by atoms with Crippen LogP contribution in [-0.4, -0.2) is 28.7 Å². The van der Waals surface area contributed by atoms with Gasteiger partial charge in [0.05, 0.1) is 0 Å². The van der Waals surface area contributed by atoms with E-state index in [1.807, 2.05) is 43.3 Å². The lowest BCUT2D eigenvalue weighted by molar-refractivity contribution is -0.127. The number of nitrogens with one attached hydrogen (secondary N) is 2. The zero-order valence-corrected chi connectivity index (χ0v) is 23.7. The number of aryl methyl sites for hydroxylation is 1. The molecule has 0 aliphatic heterocycles. The molecule has 1 atom stereocenters. The maximum absolute atomic E-state index is 14.0. The highest BCUT2D eigenvalue weighted by atomic mass is 35.5. The fourth-order valence-corrected chi connectivity index (χ4v) is 5.34. The van der Waals surface area contributed by atoms with E-state index in [4.69, 9.17) is 11.6 Å². The number of nitrogens with zero attached hydrogens (tertiary/aromatic N) is 2. The summed E-state index contributed by atoms with van der Waals surface area (Å²) in [5.74, 6) is -0.164. The lowest BCUT2D eigenvalue weighted by Gasteiger charge is -2.34. The molecule has 1 aliphatic rings. The zero-order valence-electron chi connectivity index (χ0n) is 22.9. The summed E-state index contributed by atoms with van der Waals surface area (Å²) in [6.07, 6.45) is 8.11. The van der Waals surface area contributed by atoms with Crippen molar-refractivity contribution in [3.8, 4) is 0 Å². The molecule has 4 rings (SSSR count). The van der Waals surface area contributed by atoms with Gasteiger partial charge in [0.15, 0.2) is 0 Å². The second kappa shape index (κ2) is 14.6. The quantitative estimate of drug-likeness (QED) is 0.275. The van der Waals surface area contributed by atoms with Crippen molar-refractivity contribution in [2.75, 3.05) is 10.2 Å². The summed E-state index contributed by atoms with van der Waals surface area (Å²) in [6, 6.07) is 19.3. The molecule has 0 radical (unpaired) electrons. The van der Waals surface area contributed by atoms with Gasteiger partial charge in [-0.1, -0.05) is 74.2 Å². The number of anilines is 2. The average Bonchev–Trinajstić information content (AvgIpc) is 2.97. The number of pyridine rings is 1. The number of rotatable bonds is 11. The van der Waals surface area contributed by atoms with Gasteiger partial charge in [0.2, 0.25) is 17.7 Å². The van der Waals surface area contributed by atoms with Gasteiger partial charge in [-0.05, 0) is 67.1 Å². The molecule has 40 heavy (non-hydrogen) atoms. The number of carbonyl (C=O) groups excluding carboxylic acids is 3. The second-order valence-electron chi connectivity index (χ2n) is 10.2. The molecular weight excluding hydrogens is 524 g/mol. The topological polar surface area (TPSA) is 91.4 Å². The van der Waals surface area contributed by atoms with Crippen LogP contribution in [0.25, 0.3) is 0 Å². The summed E-state index contributed by atoms with van der Waals surface area (Å²) >= 11 is 6.19. The largest absolute Gasteiger partial charge is 0.351 e. The third-order valence-corrected chi connectivity index (χ3v) is 7.52. The Hall–Kier alpha value is -3.71. The maximum atomic E-state index is 14.0. The molecule has 1 saturated carbocycles. The molecule has 8 heteroatoms. The van der Waals surface area contributed by atoms with E-state index in [9.17, 15) is 14.4 Å². The number of hydrogen-bond donors (Lipinski definition) is 2. The Kier molecular flexibility index (Phi) is 10.7. The first kappa shape index (κ1) is 29.3. The number of para-hydroxylation sites is 1. The Morgan fingerprint density at radius 3 is 2.38 bits per heavy atom. The Balaban J connectivity index is 1.60. The number of carbonyl (C=O) groups is 3. The number of amides is 3. The lowest BCUT2D eigenvalue weighted by atomic mass is 9.94. The Labute approximate surface area is 241 Å². The monoisotopic (exact) mass is 560 g/mol. The van der Waals surface area contributed by atoms with Gasteiger partial charge in [0.25, 0.3) is 0 Å². The van der Waals surface area contributed by atoms with Crippen LogP contribution in [0.3, 0.4) is 0 Å². The van der Waals surface area contributed by atoms with E-state index < -0.39 is 6.04 Å². The molecule has 1 aliphatic carbocycles. The summed E-state index contributed by atoms with van der Waals surface area (Å²) in [6.45, 7) is 2.03. The average molecular weight is 561 g/mol. The van der Waals surface area contributed by atoms with Gasteiger partial charge in [0, 0.05) is 35.8 Å². The van der Waals surface area contributed by atoms with Crippen molar-refractivity contribution in [3.63, 3.8) is 0 Å². The second-order valence-corrected chi connectivity index (χ2v) is 10.6. The van der Waals surface area contributed by atoms with Crippen LogP contribution in [-0.2, 0) is 20.8 Å². The molecule has 3 amide bonds. The first-order chi connectivity index (χ1) is 19.5. The van der Waals surface area contributed by atoms with E-state index in [0.29, 0.717) is 34.9 Å². The normalized spacial score (nSPS) is 14.2. The predicted octanol–water partition coefficient (Wildman–Crippen LogP) is 6.63. The summed E-state index contributed by atoms with van der Waals surface area (Å²) in [7, 11) is 0. The smallest absolute Gasteiger partial charge is 0.248 e. The summed E-state index contributed by atoms with van der Waals surface area (Å²) in [5, 5.41) is 6.56. The molecule has 2 N–H and O–H groups in total. The molecule has 1 unspecified atom stereocenters. The van der Waals surface area contributed by atoms with E-state index in [0.717, 1.165) is 31.2 Å². The van der Waals surface area contributed by atoms with Crippen molar-refractivity contribution in [2.24, 2.45) is 0 Å². The van der Waals surface area contributed by atoms with Gasteiger partial charge >= 0.3 is 0 Å². The highest BCUT2D eigenvalue weighted by Gasteiger charge is 2.34. The van der Waals surface area contributed by atoms with Crippen LogP contribution < -0.4 is 15.5 Å². The van der Waals surface area contributed by atoms with Gasteiger partial charge in [-0.2, -0.15) is 0 Å². The van der Waals surface area contributed by atoms with E-state index in [1.54, 1.807) is 41.4 Å². The van der Waals surface area contributed by atoms with Crippen LogP contribution in [0.15, 0.2) is 72.9 Å². The van der Waals surface area contributed by atoms with Gasteiger partial charge in [0.1, 0.15) is 11.9 Å². The van der Waals surface area contributed by atoms with E-state index in [-0.39, 0.29) is 36.6 Å². The molecule has 7 nitrogen and oxygen atoms in total. The lowest BCUT2D eigenvalue weighted by Crippen LogP contribution is -2.47. The third kappa shape index (κ3) is 7.92. The minimum atomic E-state index is -0.873. The Morgan fingerprint density at radius 1 is 0.950 bits per heavy atom. The van der Waals surface area contributed by atoms with Crippen LogP contribution in [0.4, 0.5) is 11.5 Å². The summed E-state index contributed by atoms with van der Waals surface area (Å²) in [4.78, 5) is 46.2. The van der Waals surface area contributed by atoms with E-state index in [1.165, 1.54) is 6.42 Å². The van der Waals surface area contributed by atoms with Crippen molar-refractivity contribution in [1.29, 1.82) is 0 Å². The fraction of sp³-hybridized carbons (Fsp3) is 0.375. The molecule has 0 bridgehead atoms. The maximum Gasteiger partial charge on any atom is 0.248 e. The molecule has 1 aromatic heterocycles. The van der Waals surface area contributed by atoms with Crippen LogP contribution in [0.5, 0.6) is 0 Å². The van der Waals surface area contributed by atoms with E-state index >= 15 is 0 Å². The molecule has 0 spiro atoms. The van der Waals surface area contributed by atoms with Gasteiger partial charge in [-0.25, -0.2) is 4.98 Å². The van der Waals surface area contributed by atoms with Crippen molar-refractivity contribution in [3.05, 3.63) is 89.1 Å². The molecular formula is C32H37ClN4O3. The minimum absolute atomic E-state index is 0.0877. The fourth-order valence-electron chi connectivity index (χ4n) is 5.21. The predicted molar refractivity (Wildman–Crippen MR) is 159 cm³/mol. The molecule has 1 heterocycles. The Morgan fingerprint density at radius 2 is 1.68 bits per heavy atom. The van der Waals surface area contributed by atoms with Crippen LogP contribution in [0.2, 0.25) is 5.02 Å². The highest BCUT2D eigenvalue weighted by Crippen LogP contribution is 2.33. The van der Waals surface area contributed by atoms with Crippen LogP contribution in [0.1, 0.15) is 75.5 Å². The van der Waals surface area contributed by atoms with Crippen molar-refractivity contribution >= 4 is 40.8 Å². The summed E-state index contributed by atoms with van der Waals surface area (Å²) < 4.78 is 0. The number of hydrogen-bond acceptors (Lipinski definition) is 4. The van der Waals surface area contributed by atoms with Crippen molar-refractivity contribution in [2.45, 2.75) is 76.8 Å². The number of halogens is 1. The summed E-state index contributed by atoms with van der Waals surface area (Å²) in [5.41, 5.74) is 2.35. The minimum Gasteiger partial charge on any atom is -0.351 e. The molecule has 1 fully saturated rings. The molecule has 2 aromatic carbocycles. The van der Waals surface area contributed by atoms with Gasteiger partial charge in [-0.15, -0.1) is 0 Å².